The predicted molar refractivity (Wildman–Crippen MR) is 88.7 cm³/mol. The maximum atomic E-state index is 12.4. The number of nitrogens with zero attached hydrogens (tertiary/aromatic N) is 2. The highest BCUT2D eigenvalue weighted by Gasteiger charge is 2.19. The van der Waals surface area contributed by atoms with E-state index in [1.807, 2.05) is 13.0 Å². The Morgan fingerprint density at radius 3 is 2.86 bits per heavy atom. The number of anilines is 1. The first kappa shape index (κ1) is 16.2. The Morgan fingerprint density at radius 1 is 1.48 bits per heavy atom. The molecule has 2 N–H and O–H groups in total. The minimum Gasteiger partial charge on any atom is -0.370 e. The second kappa shape index (κ2) is 7.75. The van der Waals surface area contributed by atoms with Crippen molar-refractivity contribution in [2.24, 2.45) is 5.92 Å². The molecule has 2 heterocycles. The summed E-state index contributed by atoms with van der Waals surface area (Å²) in [7, 11) is 2.14. The van der Waals surface area contributed by atoms with Crippen molar-refractivity contribution in [2.45, 2.75) is 19.8 Å². The first-order chi connectivity index (χ1) is 10.1. The van der Waals surface area contributed by atoms with Gasteiger partial charge in [0.2, 0.25) is 0 Å². The third-order valence-electron chi connectivity index (χ3n) is 3.83. The van der Waals surface area contributed by atoms with E-state index >= 15 is 0 Å². The lowest BCUT2D eigenvalue weighted by molar-refractivity contribution is 0.0939. The number of aromatic nitrogens is 1. The minimum absolute atomic E-state index is 0.0568. The standard InChI is InChI=1S/C15H23BrN4O/c1-3-17-14-13(8-12(16)10-18-14)15(21)19-9-11-4-6-20(2)7-5-11/h8,10-11H,3-7,9H2,1-2H3,(H,17,18)(H,19,21). The molecule has 0 saturated carbocycles. The maximum absolute atomic E-state index is 12.4. The van der Waals surface area contributed by atoms with Crippen molar-refractivity contribution in [2.75, 3.05) is 38.5 Å². The SMILES string of the molecule is CCNc1ncc(Br)cc1C(=O)NCC1CCN(C)CC1. The normalized spacial score (nSPS) is 16.7. The summed E-state index contributed by atoms with van der Waals surface area (Å²) in [4.78, 5) is 19.0. The minimum atomic E-state index is -0.0568. The van der Waals surface area contributed by atoms with Gasteiger partial charge in [-0.15, -0.1) is 0 Å². The van der Waals surface area contributed by atoms with Crippen molar-refractivity contribution in [3.05, 3.63) is 22.3 Å². The number of likely N-dealkylation sites (tertiary alicyclic amines) is 1. The number of nitrogens with one attached hydrogen (secondary N) is 2. The van der Waals surface area contributed by atoms with Crippen LogP contribution in [0.15, 0.2) is 16.7 Å². The molecule has 1 aromatic rings. The molecule has 1 aliphatic heterocycles. The summed E-state index contributed by atoms with van der Waals surface area (Å²) in [5.74, 6) is 1.16. The zero-order valence-electron chi connectivity index (χ0n) is 12.7. The average molecular weight is 355 g/mol. The van der Waals surface area contributed by atoms with E-state index in [4.69, 9.17) is 0 Å². The summed E-state index contributed by atoms with van der Waals surface area (Å²) >= 11 is 3.37. The molecule has 1 saturated heterocycles. The number of hydrogen-bond acceptors (Lipinski definition) is 4. The topological polar surface area (TPSA) is 57.3 Å². The van der Waals surface area contributed by atoms with Crippen LogP contribution in [0.4, 0.5) is 5.82 Å². The zero-order valence-corrected chi connectivity index (χ0v) is 14.2. The highest BCUT2D eigenvalue weighted by Crippen LogP contribution is 2.19. The van der Waals surface area contributed by atoms with Gasteiger partial charge in [0.1, 0.15) is 5.82 Å². The number of carbonyl (C=O) groups excluding carboxylic acids is 1. The monoisotopic (exact) mass is 354 g/mol. The van der Waals surface area contributed by atoms with Gasteiger partial charge in [0.25, 0.3) is 5.91 Å². The third kappa shape index (κ3) is 4.68. The molecule has 21 heavy (non-hydrogen) atoms. The quantitative estimate of drug-likeness (QED) is 0.851. The number of rotatable bonds is 5. The van der Waals surface area contributed by atoms with Crippen molar-refractivity contribution < 1.29 is 4.79 Å². The number of pyridine rings is 1. The molecule has 0 unspecified atom stereocenters. The van der Waals surface area contributed by atoms with Crippen LogP contribution in [0.2, 0.25) is 0 Å². The van der Waals surface area contributed by atoms with E-state index in [0.717, 1.165) is 43.5 Å². The lowest BCUT2D eigenvalue weighted by Gasteiger charge is -2.29. The van der Waals surface area contributed by atoms with Crippen LogP contribution in [-0.2, 0) is 0 Å². The summed E-state index contributed by atoms with van der Waals surface area (Å²) in [6.07, 6.45) is 3.99. The Hall–Kier alpha value is -1.14. The van der Waals surface area contributed by atoms with Crippen LogP contribution in [0.25, 0.3) is 0 Å². The third-order valence-corrected chi connectivity index (χ3v) is 4.27. The van der Waals surface area contributed by atoms with Gasteiger partial charge < -0.3 is 15.5 Å². The van der Waals surface area contributed by atoms with Crippen LogP contribution in [0, 0.1) is 5.92 Å². The molecule has 1 aromatic heterocycles. The number of halogens is 1. The van der Waals surface area contributed by atoms with E-state index in [-0.39, 0.29) is 5.91 Å². The van der Waals surface area contributed by atoms with E-state index in [0.29, 0.717) is 17.3 Å². The van der Waals surface area contributed by atoms with Crippen LogP contribution in [0.3, 0.4) is 0 Å². The Balaban J connectivity index is 1.95. The van der Waals surface area contributed by atoms with Gasteiger partial charge >= 0.3 is 0 Å². The van der Waals surface area contributed by atoms with Crippen molar-refractivity contribution >= 4 is 27.7 Å². The molecule has 0 spiro atoms. The van der Waals surface area contributed by atoms with Crippen molar-refractivity contribution in [1.29, 1.82) is 0 Å². The first-order valence-corrected chi connectivity index (χ1v) is 8.25. The van der Waals surface area contributed by atoms with Crippen LogP contribution in [0.5, 0.6) is 0 Å². The molecule has 6 heteroatoms. The highest BCUT2D eigenvalue weighted by atomic mass is 79.9. The molecular weight excluding hydrogens is 332 g/mol. The Morgan fingerprint density at radius 2 is 2.19 bits per heavy atom. The van der Waals surface area contributed by atoms with Gasteiger partial charge in [0.05, 0.1) is 5.56 Å². The summed E-state index contributed by atoms with van der Waals surface area (Å²) in [6.45, 7) is 5.70. The largest absolute Gasteiger partial charge is 0.370 e. The molecule has 0 aromatic carbocycles. The fraction of sp³-hybridized carbons (Fsp3) is 0.600. The van der Waals surface area contributed by atoms with E-state index in [2.05, 4.69) is 43.5 Å². The summed E-state index contributed by atoms with van der Waals surface area (Å²) < 4.78 is 0.814. The van der Waals surface area contributed by atoms with Gasteiger partial charge in [-0.2, -0.15) is 0 Å². The van der Waals surface area contributed by atoms with Crippen molar-refractivity contribution in [3.8, 4) is 0 Å². The fourth-order valence-corrected chi connectivity index (χ4v) is 2.85. The molecular formula is C15H23BrN4O. The second-order valence-electron chi connectivity index (χ2n) is 5.54. The smallest absolute Gasteiger partial charge is 0.255 e. The summed E-state index contributed by atoms with van der Waals surface area (Å²) in [5.41, 5.74) is 0.596. The molecule has 116 valence electrons. The van der Waals surface area contributed by atoms with Gasteiger partial charge in [-0.25, -0.2) is 4.98 Å². The Bertz CT molecular complexity index is 487. The van der Waals surface area contributed by atoms with Crippen molar-refractivity contribution in [3.63, 3.8) is 0 Å². The molecule has 1 aliphatic rings. The molecule has 1 fully saturated rings. The highest BCUT2D eigenvalue weighted by molar-refractivity contribution is 9.10. The predicted octanol–water partition coefficient (Wildman–Crippen LogP) is 2.35. The van der Waals surface area contributed by atoms with Crippen LogP contribution in [-0.4, -0.2) is 49.0 Å². The summed E-state index contributed by atoms with van der Waals surface area (Å²) in [5, 5.41) is 6.18. The molecule has 0 atom stereocenters. The van der Waals surface area contributed by atoms with Crippen LogP contribution >= 0.6 is 15.9 Å². The number of amides is 1. The molecule has 5 nitrogen and oxygen atoms in total. The second-order valence-corrected chi connectivity index (χ2v) is 6.45. The lowest BCUT2D eigenvalue weighted by atomic mass is 9.97. The van der Waals surface area contributed by atoms with Gasteiger partial charge in [-0.1, -0.05) is 0 Å². The Labute approximate surface area is 134 Å². The van der Waals surface area contributed by atoms with Crippen LogP contribution < -0.4 is 10.6 Å². The maximum Gasteiger partial charge on any atom is 0.255 e. The van der Waals surface area contributed by atoms with E-state index in [1.165, 1.54) is 0 Å². The number of piperidine rings is 1. The van der Waals surface area contributed by atoms with E-state index < -0.39 is 0 Å². The molecule has 0 bridgehead atoms. The van der Waals surface area contributed by atoms with E-state index in [9.17, 15) is 4.79 Å². The van der Waals surface area contributed by atoms with Gasteiger partial charge in [-0.3, -0.25) is 4.79 Å². The molecule has 2 rings (SSSR count). The molecule has 0 radical (unpaired) electrons. The van der Waals surface area contributed by atoms with E-state index in [1.54, 1.807) is 6.20 Å². The van der Waals surface area contributed by atoms with Gasteiger partial charge in [0, 0.05) is 23.8 Å². The Kier molecular flexibility index (Phi) is 5.99. The first-order valence-electron chi connectivity index (χ1n) is 7.46. The summed E-state index contributed by atoms with van der Waals surface area (Å²) in [6, 6.07) is 1.81. The van der Waals surface area contributed by atoms with Crippen molar-refractivity contribution in [1.82, 2.24) is 15.2 Å². The number of hydrogen-bond donors (Lipinski definition) is 2. The zero-order chi connectivity index (χ0) is 15.2. The van der Waals surface area contributed by atoms with Gasteiger partial charge in [-0.05, 0) is 67.8 Å². The van der Waals surface area contributed by atoms with Crippen LogP contribution in [0.1, 0.15) is 30.1 Å². The fourth-order valence-electron chi connectivity index (χ4n) is 2.52. The molecule has 1 amide bonds. The molecule has 0 aliphatic carbocycles. The lowest BCUT2D eigenvalue weighted by Crippen LogP contribution is -2.37. The number of carbonyl (C=O) groups is 1. The average Bonchev–Trinajstić information content (AvgIpc) is 2.48. The van der Waals surface area contributed by atoms with Gasteiger partial charge in [0.15, 0.2) is 0 Å².